The summed E-state index contributed by atoms with van der Waals surface area (Å²) in [7, 11) is 0. The second-order valence-corrected chi connectivity index (χ2v) is 3.92. The molecule has 0 saturated heterocycles. The van der Waals surface area contributed by atoms with Crippen LogP contribution in [0.4, 0.5) is 0 Å². The molecule has 1 atom stereocenters. The van der Waals surface area contributed by atoms with Gasteiger partial charge in [0.15, 0.2) is 0 Å². The zero-order valence-electron chi connectivity index (χ0n) is 10.1. The molecule has 5 heteroatoms. The molecular weight excluding hydrogens is 234 g/mol. The molecule has 0 saturated carbocycles. The van der Waals surface area contributed by atoms with Gasteiger partial charge in [0, 0.05) is 12.0 Å². The lowest BCUT2D eigenvalue weighted by molar-refractivity contribution is -0.155. The van der Waals surface area contributed by atoms with Crippen LogP contribution in [-0.4, -0.2) is 25.1 Å². The minimum Gasteiger partial charge on any atom is -0.493 e. The molecule has 0 fully saturated rings. The zero-order chi connectivity index (χ0) is 13.0. The fourth-order valence-electron chi connectivity index (χ4n) is 1.91. The van der Waals surface area contributed by atoms with Crippen molar-refractivity contribution in [1.82, 2.24) is 5.32 Å². The van der Waals surface area contributed by atoms with E-state index in [1.807, 2.05) is 24.3 Å². The number of fused-ring (bicyclic) bond motifs is 1. The molecule has 2 rings (SSSR count). The second-order valence-electron chi connectivity index (χ2n) is 3.92. The van der Waals surface area contributed by atoms with Crippen molar-refractivity contribution in [3.05, 3.63) is 29.8 Å². The average Bonchev–Trinajstić information content (AvgIpc) is 2.39. The van der Waals surface area contributed by atoms with Crippen molar-refractivity contribution >= 4 is 11.9 Å². The summed E-state index contributed by atoms with van der Waals surface area (Å²) in [5.41, 5.74) is 0.890. The van der Waals surface area contributed by atoms with Crippen LogP contribution in [0.5, 0.6) is 5.75 Å². The van der Waals surface area contributed by atoms with E-state index < -0.39 is 11.9 Å². The molecule has 1 aromatic carbocycles. The molecule has 0 aromatic heterocycles. The Balaban J connectivity index is 2.07. The van der Waals surface area contributed by atoms with Crippen molar-refractivity contribution in [3.8, 4) is 5.75 Å². The Morgan fingerprint density at radius 3 is 3.00 bits per heavy atom. The van der Waals surface area contributed by atoms with Crippen LogP contribution in [0.2, 0.25) is 0 Å². The minimum absolute atomic E-state index is 0.191. The molecule has 0 radical (unpaired) electrons. The number of benzene rings is 1. The van der Waals surface area contributed by atoms with Gasteiger partial charge in [-0.2, -0.15) is 0 Å². The Bertz CT molecular complexity index is 458. The van der Waals surface area contributed by atoms with Gasteiger partial charge in [0.05, 0.1) is 19.3 Å². The molecule has 18 heavy (non-hydrogen) atoms. The monoisotopic (exact) mass is 249 g/mol. The fraction of sp³-hybridized carbons (Fsp3) is 0.385. The third-order valence-electron chi connectivity index (χ3n) is 2.72. The van der Waals surface area contributed by atoms with Gasteiger partial charge in [-0.3, -0.25) is 4.79 Å². The predicted octanol–water partition coefficient (Wildman–Crippen LogP) is 1.19. The molecule has 1 aliphatic heterocycles. The highest BCUT2D eigenvalue weighted by Crippen LogP contribution is 2.31. The van der Waals surface area contributed by atoms with Gasteiger partial charge in [0.2, 0.25) is 0 Å². The van der Waals surface area contributed by atoms with Crippen molar-refractivity contribution in [3.63, 3.8) is 0 Å². The predicted molar refractivity (Wildman–Crippen MR) is 64.1 cm³/mol. The highest BCUT2D eigenvalue weighted by Gasteiger charge is 2.25. The smallest absolute Gasteiger partial charge is 0.396 e. The number of esters is 1. The molecule has 1 heterocycles. The normalized spacial score (nSPS) is 17.3. The number of carbonyl (C=O) groups is 2. The lowest BCUT2D eigenvalue weighted by atomic mass is 10.0. The van der Waals surface area contributed by atoms with Crippen LogP contribution in [-0.2, 0) is 14.3 Å². The van der Waals surface area contributed by atoms with Gasteiger partial charge < -0.3 is 14.8 Å². The Morgan fingerprint density at radius 1 is 1.44 bits per heavy atom. The maximum atomic E-state index is 11.6. The first-order valence-electron chi connectivity index (χ1n) is 5.91. The molecule has 1 amide bonds. The number of nitrogens with one attached hydrogen (secondary N) is 1. The van der Waals surface area contributed by atoms with E-state index in [1.54, 1.807) is 6.92 Å². The molecule has 0 aliphatic carbocycles. The van der Waals surface area contributed by atoms with Gasteiger partial charge >= 0.3 is 11.9 Å². The fourth-order valence-corrected chi connectivity index (χ4v) is 1.91. The number of para-hydroxylation sites is 1. The molecule has 0 bridgehead atoms. The standard InChI is InChI=1S/C13H15NO4/c1-2-17-13(16)12(15)14-10-7-8-18-11-6-4-3-5-9(10)11/h3-6,10H,2,7-8H2,1H3,(H,14,15). The Morgan fingerprint density at radius 2 is 2.22 bits per heavy atom. The van der Waals surface area contributed by atoms with Crippen LogP contribution >= 0.6 is 0 Å². The zero-order valence-corrected chi connectivity index (χ0v) is 10.1. The van der Waals surface area contributed by atoms with Gasteiger partial charge in [-0.05, 0) is 13.0 Å². The van der Waals surface area contributed by atoms with E-state index in [4.69, 9.17) is 4.74 Å². The number of hydrogen-bond donors (Lipinski definition) is 1. The summed E-state index contributed by atoms with van der Waals surface area (Å²) >= 11 is 0. The molecule has 1 aliphatic rings. The molecule has 1 aromatic rings. The maximum Gasteiger partial charge on any atom is 0.396 e. The SMILES string of the molecule is CCOC(=O)C(=O)NC1CCOc2ccccc21. The van der Waals surface area contributed by atoms with Crippen molar-refractivity contribution < 1.29 is 19.1 Å². The van der Waals surface area contributed by atoms with E-state index in [9.17, 15) is 9.59 Å². The number of amides is 1. The molecule has 96 valence electrons. The van der Waals surface area contributed by atoms with Crippen LogP contribution in [0, 0.1) is 0 Å². The Labute approximate surface area is 105 Å². The van der Waals surface area contributed by atoms with Crippen molar-refractivity contribution in [2.45, 2.75) is 19.4 Å². The van der Waals surface area contributed by atoms with Crippen molar-refractivity contribution in [2.24, 2.45) is 0 Å². The van der Waals surface area contributed by atoms with Gasteiger partial charge in [-0.15, -0.1) is 0 Å². The second kappa shape index (κ2) is 5.53. The van der Waals surface area contributed by atoms with Gasteiger partial charge in [-0.25, -0.2) is 4.79 Å². The summed E-state index contributed by atoms with van der Waals surface area (Å²) in [6.07, 6.45) is 0.641. The first-order valence-corrected chi connectivity index (χ1v) is 5.91. The lowest BCUT2D eigenvalue weighted by Gasteiger charge is -2.26. The summed E-state index contributed by atoms with van der Waals surface area (Å²) in [5.74, 6) is -0.807. The lowest BCUT2D eigenvalue weighted by Crippen LogP contribution is -2.37. The highest BCUT2D eigenvalue weighted by atomic mass is 16.5. The molecular formula is C13H15NO4. The average molecular weight is 249 g/mol. The topological polar surface area (TPSA) is 64.6 Å². The summed E-state index contributed by atoms with van der Waals surface area (Å²) in [5, 5.41) is 2.67. The third-order valence-corrected chi connectivity index (χ3v) is 2.72. The van der Waals surface area contributed by atoms with Crippen LogP contribution in [0.25, 0.3) is 0 Å². The first kappa shape index (κ1) is 12.4. The quantitative estimate of drug-likeness (QED) is 0.631. The van der Waals surface area contributed by atoms with E-state index in [0.29, 0.717) is 13.0 Å². The molecule has 0 spiro atoms. The first-order chi connectivity index (χ1) is 8.72. The highest BCUT2D eigenvalue weighted by molar-refractivity contribution is 6.32. The number of rotatable bonds is 2. The third kappa shape index (κ3) is 2.61. The molecule has 5 nitrogen and oxygen atoms in total. The van der Waals surface area contributed by atoms with Crippen molar-refractivity contribution in [2.75, 3.05) is 13.2 Å². The number of ether oxygens (including phenoxy) is 2. The van der Waals surface area contributed by atoms with Crippen LogP contribution < -0.4 is 10.1 Å². The largest absolute Gasteiger partial charge is 0.493 e. The van der Waals surface area contributed by atoms with Crippen LogP contribution in [0.1, 0.15) is 24.9 Å². The number of carbonyl (C=O) groups excluding carboxylic acids is 2. The Kier molecular flexibility index (Phi) is 3.82. The van der Waals surface area contributed by atoms with E-state index in [0.717, 1.165) is 11.3 Å². The maximum absolute atomic E-state index is 11.6. The van der Waals surface area contributed by atoms with E-state index in [2.05, 4.69) is 10.1 Å². The molecule has 1 N–H and O–H groups in total. The van der Waals surface area contributed by atoms with Crippen LogP contribution in [0.3, 0.4) is 0 Å². The van der Waals surface area contributed by atoms with Gasteiger partial charge in [0.25, 0.3) is 0 Å². The van der Waals surface area contributed by atoms with Gasteiger partial charge in [0.1, 0.15) is 5.75 Å². The molecule has 1 unspecified atom stereocenters. The van der Waals surface area contributed by atoms with Gasteiger partial charge in [-0.1, -0.05) is 18.2 Å². The summed E-state index contributed by atoms with van der Waals surface area (Å²) in [4.78, 5) is 22.8. The Hall–Kier alpha value is -2.04. The van der Waals surface area contributed by atoms with E-state index in [1.165, 1.54) is 0 Å². The van der Waals surface area contributed by atoms with Crippen LogP contribution in [0.15, 0.2) is 24.3 Å². The van der Waals surface area contributed by atoms with E-state index in [-0.39, 0.29) is 12.6 Å². The minimum atomic E-state index is -0.846. The van der Waals surface area contributed by atoms with Crippen molar-refractivity contribution in [1.29, 1.82) is 0 Å². The summed E-state index contributed by atoms with van der Waals surface area (Å²) in [6.45, 7) is 2.37. The summed E-state index contributed by atoms with van der Waals surface area (Å²) < 4.78 is 10.1. The number of hydrogen-bond acceptors (Lipinski definition) is 4. The summed E-state index contributed by atoms with van der Waals surface area (Å²) in [6, 6.07) is 7.26. The van der Waals surface area contributed by atoms with E-state index >= 15 is 0 Å².